The molecular weight excluding hydrogens is 295 g/mol. The van der Waals surface area contributed by atoms with E-state index in [1.54, 1.807) is 31.4 Å². The second-order valence-electron chi connectivity index (χ2n) is 5.93. The predicted molar refractivity (Wildman–Crippen MR) is 85.7 cm³/mol. The second-order valence-corrected chi connectivity index (χ2v) is 5.93. The molecule has 0 saturated carbocycles. The number of nitrogens with zero attached hydrogens (tertiary/aromatic N) is 2. The van der Waals surface area contributed by atoms with Crippen LogP contribution in [0.3, 0.4) is 0 Å². The maximum Gasteiger partial charge on any atom is 0.255 e. The van der Waals surface area contributed by atoms with Gasteiger partial charge in [0, 0.05) is 25.9 Å². The van der Waals surface area contributed by atoms with Gasteiger partial charge >= 0.3 is 0 Å². The van der Waals surface area contributed by atoms with Gasteiger partial charge in [-0.1, -0.05) is 12.1 Å². The first kappa shape index (κ1) is 15.5. The van der Waals surface area contributed by atoms with Gasteiger partial charge in [0.2, 0.25) is 5.56 Å². The molecule has 1 saturated heterocycles. The lowest BCUT2D eigenvalue weighted by Gasteiger charge is -2.36. The number of aryl methyl sites for hydroxylation is 1. The van der Waals surface area contributed by atoms with E-state index in [1.165, 1.54) is 22.8 Å². The van der Waals surface area contributed by atoms with E-state index in [2.05, 4.69) is 0 Å². The molecule has 1 aliphatic rings. The Kier molecular flexibility index (Phi) is 4.28. The van der Waals surface area contributed by atoms with Crippen molar-refractivity contribution in [3.8, 4) is 0 Å². The molecule has 2 heterocycles. The van der Waals surface area contributed by atoms with E-state index in [9.17, 15) is 14.0 Å². The summed E-state index contributed by atoms with van der Waals surface area (Å²) in [4.78, 5) is 26.2. The van der Waals surface area contributed by atoms with Gasteiger partial charge in [0.05, 0.1) is 11.6 Å². The monoisotopic (exact) mass is 314 g/mol. The molecule has 1 fully saturated rings. The van der Waals surface area contributed by atoms with Crippen LogP contribution in [0.2, 0.25) is 0 Å². The van der Waals surface area contributed by atoms with Gasteiger partial charge in [-0.2, -0.15) is 0 Å². The zero-order valence-corrected chi connectivity index (χ0v) is 13.0. The Hall–Kier alpha value is -2.43. The number of pyridine rings is 1. The van der Waals surface area contributed by atoms with Crippen molar-refractivity contribution in [2.45, 2.75) is 25.3 Å². The van der Waals surface area contributed by atoms with Crippen LogP contribution in [0.1, 0.15) is 41.2 Å². The third kappa shape index (κ3) is 3.18. The number of aromatic nitrogens is 1. The minimum absolute atomic E-state index is 0.0471. The van der Waals surface area contributed by atoms with Crippen molar-refractivity contribution in [1.29, 1.82) is 0 Å². The highest BCUT2D eigenvalue weighted by molar-refractivity contribution is 5.94. The number of likely N-dealkylation sites (tertiary alicyclic amines) is 1. The van der Waals surface area contributed by atoms with Crippen LogP contribution >= 0.6 is 0 Å². The highest BCUT2D eigenvalue weighted by atomic mass is 19.1. The van der Waals surface area contributed by atoms with Crippen molar-refractivity contribution in [3.63, 3.8) is 0 Å². The molecule has 23 heavy (non-hydrogen) atoms. The lowest BCUT2D eigenvalue weighted by Crippen LogP contribution is -2.39. The molecule has 0 radical (unpaired) electrons. The van der Waals surface area contributed by atoms with E-state index >= 15 is 0 Å². The van der Waals surface area contributed by atoms with E-state index in [-0.39, 0.29) is 23.3 Å². The molecule has 1 aromatic heterocycles. The highest BCUT2D eigenvalue weighted by Gasteiger charge is 2.28. The Balaban J connectivity index is 1.91. The molecule has 0 aliphatic carbocycles. The fraction of sp³-hybridized carbons (Fsp3) is 0.333. The number of hydrogen-bond donors (Lipinski definition) is 0. The molecule has 1 unspecified atom stereocenters. The lowest BCUT2D eigenvalue weighted by molar-refractivity contribution is 0.0610. The maximum atomic E-state index is 13.1. The van der Waals surface area contributed by atoms with Crippen LogP contribution in [-0.4, -0.2) is 21.9 Å². The number of benzene rings is 1. The molecule has 1 amide bonds. The van der Waals surface area contributed by atoms with Gasteiger partial charge in [0.15, 0.2) is 0 Å². The molecule has 4 nitrogen and oxygen atoms in total. The first-order chi connectivity index (χ1) is 11.1. The Morgan fingerprint density at radius 3 is 2.57 bits per heavy atom. The summed E-state index contributed by atoms with van der Waals surface area (Å²) in [7, 11) is 1.63. The van der Waals surface area contributed by atoms with Gasteiger partial charge in [-0.3, -0.25) is 9.59 Å². The van der Waals surface area contributed by atoms with E-state index < -0.39 is 0 Å². The van der Waals surface area contributed by atoms with Crippen LogP contribution < -0.4 is 5.56 Å². The summed E-state index contributed by atoms with van der Waals surface area (Å²) in [5.41, 5.74) is 1.31. The zero-order valence-electron chi connectivity index (χ0n) is 13.0. The molecule has 5 heteroatoms. The Morgan fingerprint density at radius 2 is 1.87 bits per heavy atom. The van der Waals surface area contributed by atoms with Gasteiger partial charge in [-0.25, -0.2) is 4.39 Å². The number of carbonyl (C=O) groups excluding carboxylic acids is 1. The van der Waals surface area contributed by atoms with E-state index in [0.717, 1.165) is 24.8 Å². The predicted octanol–water partition coefficient (Wildman–Crippen LogP) is 2.89. The van der Waals surface area contributed by atoms with Gasteiger partial charge < -0.3 is 9.47 Å². The third-order valence-corrected chi connectivity index (χ3v) is 4.35. The van der Waals surface area contributed by atoms with Crippen molar-refractivity contribution in [2.75, 3.05) is 6.54 Å². The van der Waals surface area contributed by atoms with Gasteiger partial charge in [-0.15, -0.1) is 0 Å². The molecule has 120 valence electrons. The molecule has 3 rings (SSSR count). The summed E-state index contributed by atoms with van der Waals surface area (Å²) in [5, 5.41) is 0. The number of rotatable bonds is 2. The second kappa shape index (κ2) is 6.36. The SMILES string of the molecule is Cn1cc(C(=O)N2CCCCC2c2ccc(F)cc2)ccc1=O. The number of hydrogen-bond acceptors (Lipinski definition) is 2. The van der Waals surface area contributed by atoms with E-state index in [0.29, 0.717) is 12.1 Å². The summed E-state index contributed by atoms with van der Waals surface area (Å²) in [6, 6.07) is 9.27. The molecule has 2 aromatic rings. The molecule has 1 atom stereocenters. The number of halogens is 1. The van der Waals surface area contributed by atoms with Crippen LogP contribution in [0.25, 0.3) is 0 Å². The number of amides is 1. The summed E-state index contributed by atoms with van der Waals surface area (Å²) >= 11 is 0. The lowest BCUT2D eigenvalue weighted by atomic mass is 9.94. The average Bonchev–Trinajstić information content (AvgIpc) is 2.57. The topological polar surface area (TPSA) is 42.3 Å². The standard InChI is InChI=1S/C18H19FN2O2/c1-20-12-14(7-10-17(20)22)18(23)21-11-3-2-4-16(21)13-5-8-15(19)9-6-13/h5-10,12,16H,2-4,11H2,1H3. The Bertz CT molecular complexity index is 767. The smallest absolute Gasteiger partial charge is 0.255 e. The first-order valence-corrected chi connectivity index (χ1v) is 7.79. The van der Waals surface area contributed by atoms with Gasteiger partial charge in [0.25, 0.3) is 5.91 Å². The summed E-state index contributed by atoms with van der Waals surface area (Å²) in [5.74, 6) is -0.366. The fourth-order valence-corrected chi connectivity index (χ4v) is 3.09. The molecule has 1 aromatic carbocycles. The van der Waals surface area contributed by atoms with E-state index in [1.807, 2.05) is 4.90 Å². The third-order valence-electron chi connectivity index (χ3n) is 4.35. The van der Waals surface area contributed by atoms with Crippen LogP contribution in [-0.2, 0) is 7.05 Å². The zero-order chi connectivity index (χ0) is 16.4. The highest BCUT2D eigenvalue weighted by Crippen LogP contribution is 2.32. The van der Waals surface area contributed by atoms with Crippen molar-refractivity contribution < 1.29 is 9.18 Å². The number of carbonyl (C=O) groups is 1. The van der Waals surface area contributed by atoms with Crippen LogP contribution in [0.4, 0.5) is 4.39 Å². The van der Waals surface area contributed by atoms with Crippen molar-refractivity contribution in [1.82, 2.24) is 9.47 Å². The van der Waals surface area contributed by atoms with Crippen molar-refractivity contribution in [2.24, 2.45) is 7.05 Å². The molecular formula is C18H19FN2O2. The minimum atomic E-state index is -0.277. The maximum absolute atomic E-state index is 13.1. The fourth-order valence-electron chi connectivity index (χ4n) is 3.09. The molecule has 1 aliphatic heterocycles. The van der Waals surface area contributed by atoms with Crippen LogP contribution in [0.15, 0.2) is 47.4 Å². The summed E-state index contributed by atoms with van der Waals surface area (Å²) < 4.78 is 14.6. The van der Waals surface area contributed by atoms with Crippen LogP contribution in [0.5, 0.6) is 0 Å². The van der Waals surface area contributed by atoms with Crippen molar-refractivity contribution in [3.05, 3.63) is 69.9 Å². The molecule has 0 bridgehead atoms. The Morgan fingerprint density at radius 1 is 1.13 bits per heavy atom. The summed E-state index contributed by atoms with van der Waals surface area (Å²) in [6.07, 6.45) is 4.43. The normalized spacial score (nSPS) is 18.0. The quantitative estimate of drug-likeness (QED) is 0.855. The van der Waals surface area contributed by atoms with Gasteiger partial charge in [0.1, 0.15) is 5.82 Å². The van der Waals surface area contributed by atoms with E-state index in [4.69, 9.17) is 0 Å². The molecule has 0 N–H and O–H groups in total. The minimum Gasteiger partial charge on any atom is -0.332 e. The Labute approximate surface area is 134 Å². The first-order valence-electron chi connectivity index (χ1n) is 7.79. The molecule has 0 spiro atoms. The summed E-state index contributed by atoms with van der Waals surface area (Å²) in [6.45, 7) is 0.670. The number of piperidine rings is 1. The largest absolute Gasteiger partial charge is 0.332 e. The van der Waals surface area contributed by atoms with Gasteiger partial charge in [-0.05, 0) is 43.0 Å². The van der Waals surface area contributed by atoms with Crippen LogP contribution in [0, 0.1) is 5.82 Å². The van der Waals surface area contributed by atoms with Crippen molar-refractivity contribution >= 4 is 5.91 Å². The average molecular weight is 314 g/mol.